The Hall–Kier alpha value is -4.74. The molecule has 0 aliphatic carbocycles. The first-order valence-electron chi connectivity index (χ1n) is 16.2. The number of rotatable bonds is 9. The zero-order valence-corrected chi connectivity index (χ0v) is 25.7. The van der Waals surface area contributed by atoms with Crippen LogP contribution < -0.4 is 4.74 Å². The van der Waals surface area contributed by atoms with Crippen molar-refractivity contribution in [2.45, 2.75) is 38.6 Å². The minimum absolute atomic E-state index is 0.369. The van der Waals surface area contributed by atoms with Gasteiger partial charge in [-0.3, -0.25) is 24.9 Å². The third-order valence-electron chi connectivity index (χ3n) is 9.03. The van der Waals surface area contributed by atoms with Crippen LogP contribution in [0.5, 0.6) is 5.75 Å². The normalized spacial score (nSPS) is 16.1. The number of hydrogen-bond donors (Lipinski definition) is 2. The number of pyridine rings is 3. The number of likely N-dealkylation sites (tertiary alicyclic amines) is 2. The van der Waals surface area contributed by atoms with E-state index in [0.717, 1.165) is 61.6 Å². The van der Waals surface area contributed by atoms with Gasteiger partial charge in [-0.15, -0.1) is 0 Å². The van der Waals surface area contributed by atoms with Gasteiger partial charge < -0.3 is 9.72 Å². The molecule has 8 rings (SSSR count). The maximum Gasteiger partial charge on any atom is 0.161 e. The number of piperidine rings is 1. The van der Waals surface area contributed by atoms with Gasteiger partial charge in [0.25, 0.3) is 0 Å². The van der Waals surface area contributed by atoms with Crippen LogP contribution in [0.25, 0.3) is 56.0 Å². The summed E-state index contributed by atoms with van der Waals surface area (Å²) in [4.78, 5) is 27.1. The van der Waals surface area contributed by atoms with E-state index in [1.54, 1.807) is 12.4 Å². The highest BCUT2D eigenvalue weighted by Crippen LogP contribution is 2.33. The number of benzene rings is 1. The first-order valence-corrected chi connectivity index (χ1v) is 16.2. The molecule has 0 atom stereocenters. The number of hydrogen-bond acceptors (Lipinski definition) is 8. The van der Waals surface area contributed by atoms with Gasteiger partial charge in [-0.25, -0.2) is 14.4 Å². The van der Waals surface area contributed by atoms with Gasteiger partial charge in [-0.1, -0.05) is 6.42 Å². The molecule has 2 aliphatic rings. The van der Waals surface area contributed by atoms with Crippen molar-refractivity contribution in [3.8, 4) is 39.7 Å². The van der Waals surface area contributed by atoms with Gasteiger partial charge in [-0.05, 0) is 93.3 Å². The van der Waals surface area contributed by atoms with E-state index >= 15 is 0 Å². The second kappa shape index (κ2) is 12.6. The maximum absolute atomic E-state index is 14.8. The Morgan fingerprint density at radius 2 is 1.59 bits per heavy atom. The van der Waals surface area contributed by atoms with Gasteiger partial charge in [-0.2, -0.15) is 5.10 Å². The summed E-state index contributed by atoms with van der Waals surface area (Å²) >= 11 is 0. The van der Waals surface area contributed by atoms with Crippen molar-refractivity contribution in [3.63, 3.8) is 0 Å². The molecule has 1 aromatic carbocycles. The maximum atomic E-state index is 14.8. The Balaban J connectivity index is 1.08. The number of aromatic amines is 2. The molecule has 46 heavy (non-hydrogen) atoms. The summed E-state index contributed by atoms with van der Waals surface area (Å²) in [5.74, 6) is 0.674. The van der Waals surface area contributed by atoms with Crippen LogP contribution in [0.4, 0.5) is 4.39 Å². The van der Waals surface area contributed by atoms with E-state index in [0.29, 0.717) is 46.0 Å². The molecule has 5 aromatic heterocycles. The van der Waals surface area contributed by atoms with Crippen molar-refractivity contribution in [1.82, 2.24) is 44.9 Å². The SMILES string of the molecule is Fc1cc(OCCN2CCCC2)cc(-c2cncc3[nH]c(-c4n[nH]c5ccc(-c6cncc(CN7CCCCC7)c6)nc45)nc23)c1. The van der Waals surface area contributed by atoms with Crippen molar-refractivity contribution >= 4 is 22.1 Å². The van der Waals surface area contributed by atoms with Crippen LogP contribution in [-0.4, -0.2) is 84.2 Å². The fourth-order valence-corrected chi connectivity index (χ4v) is 6.67. The van der Waals surface area contributed by atoms with Crippen molar-refractivity contribution in [3.05, 3.63) is 72.6 Å². The molecule has 2 aliphatic heterocycles. The number of ether oxygens (including phenoxy) is 1. The van der Waals surface area contributed by atoms with E-state index in [2.05, 4.69) is 41.0 Å². The Labute approximate surface area is 266 Å². The lowest BCUT2D eigenvalue weighted by Crippen LogP contribution is -2.29. The molecule has 0 amide bonds. The predicted octanol–water partition coefficient (Wildman–Crippen LogP) is 6.22. The summed E-state index contributed by atoms with van der Waals surface area (Å²) in [5.41, 5.74) is 7.80. The zero-order chi connectivity index (χ0) is 30.9. The second-order valence-electron chi connectivity index (χ2n) is 12.3. The van der Waals surface area contributed by atoms with Gasteiger partial charge in [0.05, 0.1) is 28.4 Å². The number of H-pyrrole nitrogens is 2. The third-order valence-corrected chi connectivity index (χ3v) is 9.03. The minimum atomic E-state index is -0.369. The standard InChI is InChI=1S/C35H36FN9O/c36-26-15-24(16-27(17-26)46-13-12-44-8-4-5-9-44)28-20-38-21-31-32(28)41-35(40-31)34-33-30(42-43-34)7-6-29(39-33)25-14-23(18-37-19-25)22-45-10-2-1-3-11-45/h6-7,14-21H,1-5,8-13,22H2,(H,40,41)(H,42,43). The Kier molecular flexibility index (Phi) is 7.85. The van der Waals surface area contributed by atoms with Crippen LogP contribution in [0.3, 0.4) is 0 Å². The van der Waals surface area contributed by atoms with E-state index in [4.69, 9.17) is 14.7 Å². The van der Waals surface area contributed by atoms with Crippen LogP contribution in [0.15, 0.2) is 61.2 Å². The zero-order valence-electron chi connectivity index (χ0n) is 25.7. The highest BCUT2D eigenvalue weighted by molar-refractivity contribution is 5.96. The number of aromatic nitrogens is 7. The number of halogens is 1. The van der Waals surface area contributed by atoms with Gasteiger partial charge in [0.1, 0.15) is 23.7 Å². The molecule has 7 heterocycles. The molecule has 0 radical (unpaired) electrons. The van der Waals surface area contributed by atoms with Gasteiger partial charge in [0.2, 0.25) is 0 Å². The molecule has 234 valence electrons. The van der Waals surface area contributed by atoms with E-state index in [-0.39, 0.29) is 5.82 Å². The largest absolute Gasteiger partial charge is 0.492 e. The van der Waals surface area contributed by atoms with E-state index in [1.165, 1.54) is 49.8 Å². The molecular formula is C35H36FN9O. The molecular weight excluding hydrogens is 581 g/mol. The molecule has 0 bridgehead atoms. The molecule has 2 fully saturated rings. The fourth-order valence-electron chi connectivity index (χ4n) is 6.67. The lowest BCUT2D eigenvalue weighted by molar-refractivity contribution is 0.220. The van der Waals surface area contributed by atoms with Crippen LogP contribution >= 0.6 is 0 Å². The molecule has 6 aromatic rings. The van der Waals surface area contributed by atoms with Crippen molar-refractivity contribution in [2.75, 3.05) is 39.3 Å². The topological polar surface area (TPSA) is 112 Å². The number of nitrogens with zero attached hydrogens (tertiary/aromatic N) is 7. The lowest BCUT2D eigenvalue weighted by Gasteiger charge is -2.26. The average molecular weight is 618 g/mol. The molecule has 2 saturated heterocycles. The van der Waals surface area contributed by atoms with Crippen LogP contribution in [0, 0.1) is 5.82 Å². The summed E-state index contributed by atoms with van der Waals surface area (Å²) in [6.45, 7) is 6.70. The summed E-state index contributed by atoms with van der Waals surface area (Å²) in [7, 11) is 0. The summed E-state index contributed by atoms with van der Waals surface area (Å²) in [6, 6.07) is 10.9. The van der Waals surface area contributed by atoms with Crippen molar-refractivity contribution in [2.24, 2.45) is 0 Å². The molecule has 0 unspecified atom stereocenters. The number of nitrogens with one attached hydrogen (secondary N) is 2. The first kappa shape index (κ1) is 28.7. The average Bonchev–Trinajstić information content (AvgIpc) is 3.85. The molecule has 2 N–H and O–H groups in total. The minimum Gasteiger partial charge on any atom is -0.492 e. The van der Waals surface area contributed by atoms with Crippen molar-refractivity contribution in [1.29, 1.82) is 0 Å². The first-order chi connectivity index (χ1) is 22.7. The number of fused-ring (bicyclic) bond motifs is 2. The highest BCUT2D eigenvalue weighted by Gasteiger charge is 2.19. The lowest BCUT2D eigenvalue weighted by atomic mass is 10.1. The highest BCUT2D eigenvalue weighted by atomic mass is 19.1. The summed E-state index contributed by atoms with van der Waals surface area (Å²) in [6.07, 6.45) is 13.5. The Bertz CT molecular complexity index is 1990. The van der Waals surface area contributed by atoms with E-state index < -0.39 is 0 Å². The van der Waals surface area contributed by atoms with Crippen molar-refractivity contribution < 1.29 is 9.13 Å². The number of imidazole rings is 1. The monoisotopic (exact) mass is 617 g/mol. The summed E-state index contributed by atoms with van der Waals surface area (Å²) < 4.78 is 20.8. The van der Waals surface area contributed by atoms with E-state index in [1.807, 2.05) is 30.6 Å². The van der Waals surface area contributed by atoms with Gasteiger partial charge in [0.15, 0.2) is 11.5 Å². The molecule has 0 spiro atoms. The quantitative estimate of drug-likeness (QED) is 0.197. The Morgan fingerprint density at radius 1 is 0.761 bits per heavy atom. The summed E-state index contributed by atoms with van der Waals surface area (Å²) in [5, 5.41) is 7.68. The van der Waals surface area contributed by atoms with Crippen LogP contribution in [0.1, 0.15) is 37.7 Å². The molecule has 10 nitrogen and oxygen atoms in total. The Morgan fingerprint density at radius 3 is 2.48 bits per heavy atom. The van der Waals surface area contributed by atoms with Crippen LogP contribution in [-0.2, 0) is 6.54 Å². The van der Waals surface area contributed by atoms with Gasteiger partial charge >= 0.3 is 0 Å². The molecule has 0 saturated carbocycles. The predicted molar refractivity (Wildman–Crippen MR) is 176 cm³/mol. The fraction of sp³-hybridized carbons (Fsp3) is 0.343. The van der Waals surface area contributed by atoms with Crippen LogP contribution in [0.2, 0.25) is 0 Å². The molecule has 11 heteroatoms. The van der Waals surface area contributed by atoms with E-state index in [9.17, 15) is 4.39 Å². The second-order valence-corrected chi connectivity index (χ2v) is 12.3. The smallest absolute Gasteiger partial charge is 0.161 e. The third kappa shape index (κ3) is 5.95. The van der Waals surface area contributed by atoms with Gasteiger partial charge in [0, 0.05) is 48.9 Å².